The smallest absolute Gasteiger partial charge is 0.110 e. The van der Waals surface area contributed by atoms with Crippen molar-refractivity contribution >= 4 is 27.3 Å². The van der Waals surface area contributed by atoms with Gasteiger partial charge in [0.15, 0.2) is 0 Å². The highest BCUT2D eigenvalue weighted by atomic mass is 79.9. The van der Waals surface area contributed by atoms with Gasteiger partial charge in [-0.1, -0.05) is 0 Å². The molecule has 6 heteroatoms. The molecule has 2 aromatic heterocycles. The van der Waals surface area contributed by atoms with Crippen LogP contribution in [0.25, 0.3) is 0 Å². The topological polar surface area (TPSA) is 55.9 Å². The second-order valence-electron chi connectivity index (χ2n) is 3.69. The Morgan fingerprint density at radius 2 is 2.41 bits per heavy atom. The van der Waals surface area contributed by atoms with E-state index in [0.717, 1.165) is 22.6 Å². The van der Waals surface area contributed by atoms with Gasteiger partial charge in [0.25, 0.3) is 0 Å². The number of aromatic nitrogens is 2. The fourth-order valence-corrected chi connectivity index (χ4v) is 3.24. The van der Waals surface area contributed by atoms with Crippen LogP contribution in [0.1, 0.15) is 23.7 Å². The third-order valence-corrected chi connectivity index (χ3v) is 4.41. The van der Waals surface area contributed by atoms with Gasteiger partial charge in [0.05, 0.1) is 9.83 Å². The number of nitrogens with zero attached hydrogens (tertiary/aromatic N) is 2. The standard InChI is InChI=1S/C11H15BrN4S/c1-2-16-6-5-14-11(16)7-8(15-13)9-3-4-10(12)17-9/h3-6,8,15H,2,7,13H2,1H3. The summed E-state index contributed by atoms with van der Waals surface area (Å²) in [6, 6.07) is 4.23. The van der Waals surface area contributed by atoms with Crippen LogP contribution in [0.2, 0.25) is 0 Å². The number of hydrazine groups is 1. The third kappa shape index (κ3) is 2.95. The Morgan fingerprint density at radius 3 is 3.00 bits per heavy atom. The van der Waals surface area contributed by atoms with Crippen molar-refractivity contribution in [2.24, 2.45) is 5.84 Å². The first-order valence-electron chi connectivity index (χ1n) is 5.46. The molecule has 2 heterocycles. The lowest BCUT2D eigenvalue weighted by Crippen LogP contribution is -2.29. The normalized spacial score (nSPS) is 12.9. The number of nitrogens with one attached hydrogen (secondary N) is 1. The summed E-state index contributed by atoms with van der Waals surface area (Å²) in [6.07, 6.45) is 4.62. The van der Waals surface area contributed by atoms with E-state index in [1.165, 1.54) is 4.88 Å². The van der Waals surface area contributed by atoms with E-state index in [0.29, 0.717) is 0 Å². The van der Waals surface area contributed by atoms with Gasteiger partial charge in [-0.25, -0.2) is 4.98 Å². The van der Waals surface area contributed by atoms with E-state index in [1.807, 2.05) is 18.5 Å². The largest absolute Gasteiger partial charge is 0.335 e. The summed E-state index contributed by atoms with van der Waals surface area (Å²) in [5.74, 6) is 6.68. The van der Waals surface area contributed by atoms with E-state index in [-0.39, 0.29) is 6.04 Å². The average Bonchev–Trinajstić information content (AvgIpc) is 2.94. The van der Waals surface area contributed by atoms with Gasteiger partial charge in [-0.2, -0.15) is 0 Å². The zero-order chi connectivity index (χ0) is 12.3. The highest BCUT2D eigenvalue weighted by molar-refractivity contribution is 9.11. The van der Waals surface area contributed by atoms with Crippen molar-refractivity contribution < 1.29 is 0 Å². The molecule has 0 spiro atoms. The number of hydrogen-bond donors (Lipinski definition) is 2. The Hall–Kier alpha value is -0.690. The van der Waals surface area contributed by atoms with Gasteiger partial charge >= 0.3 is 0 Å². The van der Waals surface area contributed by atoms with Crippen LogP contribution in [-0.2, 0) is 13.0 Å². The summed E-state index contributed by atoms with van der Waals surface area (Å²) < 4.78 is 3.25. The van der Waals surface area contributed by atoms with Crippen molar-refractivity contribution in [3.05, 3.63) is 39.0 Å². The molecule has 4 nitrogen and oxygen atoms in total. The fourth-order valence-electron chi connectivity index (χ4n) is 1.76. The highest BCUT2D eigenvalue weighted by Crippen LogP contribution is 2.28. The molecule has 3 N–H and O–H groups in total. The maximum Gasteiger partial charge on any atom is 0.110 e. The van der Waals surface area contributed by atoms with Crippen LogP contribution in [0.3, 0.4) is 0 Å². The van der Waals surface area contributed by atoms with Gasteiger partial charge < -0.3 is 4.57 Å². The van der Waals surface area contributed by atoms with E-state index in [1.54, 1.807) is 11.3 Å². The molecule has 2 aromatic rings. The number of hydrogen-bond acceptors (Lipinski definition) is 4. The molecule has 0 radical (unpaired) electrons. The lowest BCUT2D eigenvalue weighted by Gasteiger charge is -2.14. The first kappa shape index (κ1) is 12.8. The Balaban J connectivity index is 2.15. The molecule has 1 atom stereocenters. The average molecular weight is 315 g/mol. The summed E-state index contributed by atoms with van der Waals surface area (Å²) >= 11 is 5.16. The van der Waals surface area contributed by atoms with Crippen LogP contribution >= 0.6 is 27.3 Å². The Bertz CT molecular complexity index is 479. The van der Waals surface area contributed by atoms with Crippen LogP contribution in [0, 0.1) is 0 Å². The van der Waals surface area contributed by atoms with E-state index >= 15 is 0 Å². The SMILES string of the molecule is CCn1ccnc1CC(NN)c1ccc(Br)s1. The number of aryl methyl sites for hydroxylation is 1. The van der Waals surface area contributed by atoms with Crippen molar-refractivity contribution in [3.63, 3.8) is 0 Å². The fraction of sp³-hybridized carbons (Fsp3) is 0.364. The molecule has 0 aliphatic carbocycles. The Morgan fingerprint density at radius 1 is 1.59 bits per heavy atom. The van der Waals surface area contributed by atoms with Gasteiger partial charge in [-0.3, -0.25) is 11.3 Å². The molecule has 0 fully saturated rings. The van der Waals surface area contributed by atoms with Gasteiger partial charge in [0.2, 0.25) is 0 Å². The summed E-state index contributed by atoms with van der Waals surface area (Å²) in [4.78, 5) is 5.58. The first-order chi connectivity index (χ1) is 8.24. The van der Waals surface area contributed by atoms with E-state index in [4.69, 9.17) is 5.84 Å². The van der Waals surface area contributed by atoms with Crippen molar-refractivity contribution in [2.75, 3.05) is 0 Å². The van der Waals surface area contributed by atoms with Crippen molar-refractivity contribution in [1.82, 2.24) is 15.0 Å². The van der Waals surface area contributed by atoms with E-state index in [2.05, 4.69) is 43.9 Å². The molecular formula is C11H15BrN4S. The number of thiophene rings is 1. The lowest BCUT2D eigenvalue weighted by molar-refractivity contribution is 0.530. The number of imidazole rings is 1. The molecule has 0 aliphatic rings. The minimum atomic E-state index is 0.110. The maximum absolute atomic E-state index is 5.63. The van der Waals surface area contributed by atoms with Crippen LogP contribution < -0.4 is 11.3 Å². The number of halogens is 1. The Labute approximate surface area is 113 Å². The molecule has 0 bridgehead atoms. The van der Waals surface area contributed by atoms with Crippen LogP contribution in [0.15, 0.2) is 28.3 Å². The summed E-state index contributed by atoms with van der Waals surface area (Å²) in [6.45, 7) is 3.04. The van der Waals surface area contributed by atoms with Gasteiger partial charge in [-0.05, 0) is 35.0 Å². The number of nitrogens with two attached hydrogens (primary N) is 1. The molecule has 0 amide bonds. The van der Waals surface area contributed by atoms with Crippen molar-refractivity contribution in [3.8, 4) is 0 Å². The molecular weight excluding hydrogens is 300 g/mol. The van der Waals surface area contributed by atoms with Gasteiger partial charge in [0.1, 0.15) is 5.82 Å². The minimum absolute atomic E-state index is 0.110. The lowest BCUT2D eigenvalue weighted by atomic mass is 10.1. The van der Waals surface area contributed by atoms with Crippen LogP contribution in [-0.4, -0.2) is 9.55 Å². The van der Waals surface area contributed by atoms with Crippen LogP contribution in [0.4, 0.5) is 0 Å². The molecule has 2 rings (SSSR count). The molecule has 0 aromatic carbocycles. The first-order valence-corrected chi connectivity index (χ1v) is 7.07. The zero-order valence-corrected chi connectivity index (χ0v) is 12.0. The minimum Gasteiger partial charge on any atom is -0.335 e. The Kier molecular flexibility index (Phi) is 4.33. The van der Waals surface area contributed by atoms with E-state index in [9.17, 15) is 0 Å². The monoisotopic (exact) mass is 314 g/mol. The maximum atomic E-state index is 5.63. The second kappa shape index (κ2) is 5.77. The van der Waals surface area contributed by atoms with Crippen LogP contribution in [0.5, 0.6) is 0 Å². The van der Waals surface area contributed by atoms with Gasteiger partial charge in [-0.15, -0.1) is 11.3 Å². The molecule has 17 heavy (non-hydrogen) atoms. The summed E-state index contributed by atoms with van der Waals surface area (Å²) in [7, 11) is 0. The predicted octanol–water partition coefficient (Wildman–Crippen LogP) is 2.47. The van der Waals surface area contributed by atoms with Gasteiger partial charge in [0, 0.05) is 30.2 Å². The molecule has 0 aliphatic heterocycles. The zero-order valence-electron chi connectivity index (χ0n) is 9.56. The molecule has 0 saturated heterocycles. The molecule has 0 saturated carbocycles. The molecule has 92 valence electrons. The van der Waals surface area contributed by atoms with E-state index < -0.39 is 0 Å². The summed E-state index contributed by atoms with van der Waals surface area (Å²) in [5, 5.41) is 0. The quantitative estimate of drug-likeness (QED) is 0.658. The number of rotatable bonds is 5. The predicted molar refractivity (Wildman–Crippen MR) is 73.7 cm³/mol. The second-order valence-corrected chi connectivity index (χ2v) is 6.19. The van der Waals surface area contributed by atoms with Crippen molar-refractivity contribution in [1.29, 1.82) is 0 Å². The summed E-state index contributed by atoms with van der Waals surface area (Å²) in [5.41, 5.74) is 2.86. The van der Waals surface area contributed by atoms with Crippen molar-refractivity contribution in [2.45, 2.75) is 25.9 Å². The third-order valence-electron chi connectivity index (χ3n) is 2.67. The highest BCUT2D eigenvalue weighted by Gasteiger charge is 2.15. The molecule has 1 unspecified atom stereocenters.